The van der Waals surface area contributed by atoms with E-state index < -0.39 is 0 Å². The monoisotopic (exact) mass is 386 g/mol. The van der Waals surface area contributed by atoms with Gasteiger partial charge in [-0.1, -0.05) is 47.6 Å². The van der Waals surface area contributed by atoms with Gasteiger partial charge in [-0.25, -0.2) is 0 Å². The first-order valence-corrected chi connectivity index (χ1v) is 9.49. The maximum Gasteiger partial charge on any atom is 0.279 e. The predicted molar refractivity (Wildman–Crippen MR) is 109 cm³/mol. The lowest BCUT2D eigenvalue weighted by atomic mass is 10.1. The largest absolute Gasteiger partial charge is 0.454 e. The summed E-state index contributed by atoms with van der Waals surface area (Å²) in [5, 5.41) is 2.08. The van der Waals surface area contributed by atoms with Crippen LogP contribution in [0.3, 0.4) is 0 Å². The molecule has 1 aromatic heterocycles. The summed E-state index contributed by atoms with van der Waals surface area (Å²) in [4.78, 5) is 17.7. The highest BCUT2D eigenvalue weighted by atomic mass is 32.1. The highest BCUT2D eigenvalue weighted by Crippen LogP contribution is 2.36. The molecule has 0 unspecified atom stereocenters. The number of aromatic nitrogens is 1. The van der Waals surface area contributed by atoms with E-state index in [9.17, 15) is 4.79 Å². The van der Waals surface area contributed by atoms with E-state index >= 15 is 0 Å². The Hall–Kier alpha value is -3.56. The minimum atomic E-state index is -0.303. The number of fused-ring (bicyclic) bond motifs is 3. The fraction of sp³-hybridized carbons (Fsp3) is 0.0909. The fourth-order valence-electron chi connectivity index (χ4n) is 3.26. The zero-order valence-electron chi connectivity index (χ0n) is 14.7. The molecule has 6 heteroatoms. The van der Waals surface area contributed by atoms with Crippen LogP contribution < -0.4 is 14.3 Å². The lowest BCUT2D eigenvalue weighted by Crippen LogP contribution is -2.16. The third kappa shape index (κ3) is 2.73. The molecule has 5 rings (SSSR count). The number of nitrogens with zero attached hydrogens (tertiary/aromatic N) is 2. The average molecular weight is 386 g/mol. The number of rotatable bonds is 2. The molecule has 0 aliphatic carbocycles. The van der Waals surface area contributed by atoms with Gasteiger partial charge in [-0.2, -0.15) is 4.99 Å². The zero-order valence-corrected chi connectivity index (χ0v) is 15.5. The predicted octanol–water partition coefficient (Wildman–Crippen LogP) is 3.96. The van der Waals surface area contributed by atoms with Gasteiger partial charge in [0.1, 0.15) is 0 Å². The van der Waals surface area contributed by atoms with Crippen LogP contribution in [0.25, 0.3) is 21.0 Å². The van der Waals surface area contributed by atoms with E-state index in [4.69, 9.17) is 15.9 Å². The highest BCUT2D eigenvalue weighted by Gasteiger charge is 2.18. The van der Waals surface area contributed by atoms with E-state index in [1.807, 2.05) is 53.1 Å². The molecular formula is C22H14N2O3S. The summed E-state index contributed by atoms with van der Waals surface area (Å²) in [6.45, 7) is 0.517. The van der Waals surface area contributed by atoms with E-state index in [0.717, 1.165) is 21.0 Å². The van der Waals surface area contributed by atoms with Crippen molar-refractivity contribution in [3.05, 3.63) is 65.0 Å². The Labute approximate surface area is 164 Å². The number of ether oxygens (including phenoxy) is 2. The molecule has 0 fully saturated rings. The first-order valence-electron chi connectivity index (χ1n) is 8.67. The van der Waals surface area contributed by atoms with Crippen LogP contribution in [0.4, 0.5) is 0 Å². The molecule has 136 valence electrons. The maximum atomic E-state index is 12.8. The van der Waals surface area contributed by atoms with Crippen LogP contribution in [0.5, 0.6) is 11.5 Å². The minimum Gasteiger partial charge on any atom is -0.454 e. The first-order chi connectivity index (χ1) is 13.7. The van der Waals surface area contributed by atoms with Crippen LogP contribution in [0.15, 0.2) is 59.6 Å². The zero-order chi connectivity index (χ0) is 19.1. The lowest BCUT2D eigenvalue weighted by molar-refractivity contribution is 0.0998. The number of benzene rings is 3. The van der Waals surface area contributed by atoms with Gasteiger partial charge in [0.25, 0.3) is 5.91 Å². The molecule has 0 radical (unpaired) electrons. The Kier molecular flexibility index (Phi) is 3.89. The third-order valence-electron chi connectivity index (χ3n) is 4.62. The minimum absolute atomic E-state index is 0.208. The van der Waals surface area contributed by atoms with Crippen molar-refractivity contribution in [1.29, 1.82) is 0 Å². The number of hydrogen-bond acceptors (Lipinski definition) is 4. The molecule has 5 nitrogen and oxygen atoms in total. The Morgan fingerprint density at radius 2 is 1.89 bits per heavy atom. The fourth-order valence-corrected chi connectivity index (χ4v) is 4.30. The van der Waals surface area contributed by atoms with Crippen molar-refractivity contribution in [2.24, 2.45) is 4.99 Å². The molecule has 0 saturated heterocycles. The third-order valence-corrected chi connectivity index (χ3v) is 5.66. The van der Waals surface area contributed by atoms with Crippen molar-refractivity contribution in [3.63, 3.8) is 0 Å². The van der Waals surface area contributed by atoms with Crippen molar-refractivity contribution in [2.45, 2.75) is 6.54 Å². The summed E-state index contributed by atoms with van der Waals surface area (Å²) in [6.07, 6.45) is 5.55. The van der Waals surface area contributed by atoms with Crippen molar-refractivity contribution in [3.8, 4) is 23.8 Å². The van der Waals surface area contributed by atoms with E-state index in [1.54, 1.807) is 6.07 Å². The van der Waals surface area contributed by atoms with Crippen LogP contribution in [0.1, 0.15) is 10.4 Å². The summed E-state index contributed by atoms with van der Waals surface area (Å²) in [5.74, 6) is 3.69. The lowest BCUT2D eigenvalue weighted by Gasteiger charge is -2.02. The number of amides is 1. The summed E-state index contributed by atoms with van der Waals surface area (Å²) in [6, 6.07) is 17.3. The van der Waals surface area contributed by atoms with Gasteiger partial charge >= 0.3 is 0 Å². The molecular weight excluding hydrogens is 372 g/mol. The molecule has 2 heterocycles. The Morgan fingerprint density at radius 1 is 1.11 bits per heavy atom. The molecule has 1 aliphatic heterocycles. The first kappa shape index (κ1) is 16.6. The Balaban J connectivity index is 1.64. The van der Waals surface area contributed by atoms with Gasteiger partial charge in [0, 0.05) is 17.7 Å². The molecule has 1 aliphatic rings. The second-order valence-corrected chi connectivity index (χ2v) is 7.34. The number of terminal acetylenes is 1. The second-order valence-electron chi connectivity index (χ2n) is 6.33. The quantitative estimate of drug-likeness (QED) is 0.490. The van der Waals surface area contributed by atoms with E-state index in [-0.39, 0.29) is 12.7 Å². The van der Waals surface area contributed by atoms with Crippen LogP contribution in [-0.2, 0) is 6.54 Å². The Bertz CT molecular complexity index is 1360. The van der Waals surface area contributed by atoms with Crippen molar-refractivity contribution in [1.82, 2.24) is 4.57 Å². The number of carbonyl (C=O) groups is 1. The van der Waals surface area contributed by atoms with Crippen LogP contribution in [-0.4, -0.2) is 17.3 Å². The van der Waals surface area contributed by atoms with Gasteiger partial charge < -0.3 is 14.0 Å². The molecule has 4 aromatic rings. The van der Waals surface area contributed by atoms with Gasteiger partial charge in [-0.05, 0) is 22.9 Å². The standard InChI is InChI=1S/C22H14N2O3S/c1-2-9-24-17-11-18-19(27-13-26-18)12-20(17)28-22(24)23-21(25)16-8-7-14-5-3-4-6-15(14)10-16/h1,3-8,10-12H,9,13H2. The molecule has 0 atom stereocenters. The van der Waals surface area contributed by atoms with E-state index in [0.29, 0.717) is 28.4 Å². The van der Waals surface area contributed by atoms with Gasteiger partial charge in [-0.3, -0.25) is 4.79 Å². The normalized spacial score (nSPS) is 13.2. The molecule has 0 spiro atoms. The SMILES string of the molecule is C#CCn1c(=NC(=O)c2ccc3ccccc3c2)sc2cc3c(cc21)OCO3. The molecule has 0 bridgehead atoms. The van der Waals surface area contributed by atoms with Crippen molar-refractivity contribution < 1.29 is 14.3 Å². The summed E-state index contributed by atoms with van der Waals surface area (Å²) < 4.78 is 13.7. The molecule has 1 amide bonds. The van der Waals surface area contributed by atoms with E-state index in [2.05, 4.69) is 10.9 Å². The van der Waals surface area contributed by atoms with Crippen molar-refractivity contribution in [2.75, 3.05) is 6.79 Å². The van der Waals surface area contributed by atoms with Crippen LogP contribution >= 0.6 is 11.3 Å². The number of hydrogen-bond donors (Lipinski definition) is 0. The molecule has 0 saturated carbocycles. The van der Waals surface area contributed by atoms with Crippen LogP contribution in [0.2, 0.25) is 0 Å². The van der Waals surface area contributed by atoms with Crippen LogP contribution in [0, 0.1) is 12.3 Å². The van der Waals surface area contributed by atoms with E-state index in [1.165, 1.54) is 11.3 Å². The van der Waals surface area contributed by atoms with Crippen molar-refractivity contribution >= 4 is 38.2 Å². The number of carbonyl (C=O) groups excluding carboxylic acids is 1. The second kappa shape index (κ2) is 6.55. The highest BCUT2D eigenvalue weighted by molar-refractivity contribution is 7.16. The van der Waals surface area contributed by atoms with Gasteiger partial charge in [0.05, 0.1) is 16.8 Å². The summed E-state index contributed by atoms with van der Waals surface area (Å²) in [5.41, 5.74) is 1.41. The van der Waals surface area contributed by atoms with Gasteiger partial charge in [0.15, 0.2) is 16.3 Å². The molecule has 3 aromatic carbocycles. The van der Waals surface area contributed by atoms with Gasteiger partial charge in [0.2, 0.25) is 6.79 Å². The Morgan fingerprint density at radius 3 is 2.71 bits per heavy atom. The topological polar surface area (TPSA) is 52.8 Å². The molecule has 28 heavy (non-hydrogen) atoms. The average Bonchev–Trinajstić information content (AvgIpc) is 3.30. The smallest absolute Gasteiger partial charge is 0.279 e. The number of thiazole rings is 1. The maximum absolute atomic E-state index is 12.8. The summed E-state index contributed by atoms with van der Waals surface area (Å²) >= 11 is 1.40. The van der Waals surface area contributed by atoms with Gasteiger partial charge in [-0.15, -0.1) is 6.42 Å². The summed E-state index contributed by atoms with van der Waals surface area (Å²) in [7, 11) is 0. The molecule has 0 N–H and O–H groups in total.